The van der Waals surface area contributed by atoms with Crippen molar-refractivity contribution in [3.05, 3.63) is 65.7 Å². The first-order chi connectivity index (χ1) is 10.8. The molecule has 23 heavy (non-hydrogen) atoms. The lowest BCUT2D eigenvalue weighted by molar-refractivity contribution is 0.103. The smallest absolute Gasteiger partial charge is 0.193 e. The van der Waals surface area contributed by atoms with Crippen LogP contribution in [0, 0.1) is 0 Å². The van der Waals surface area contributed by atoms with E-state index in [2.05, 4.69) is 4.90 Å². The van der Waals surface area contributed by atoms with Gasteiger partial charge in [-0.1, -0.05) is 30.3 Å². The molecule has 1 aliphatic heterocycles. The summed E-state index contributed by atoms with van der Waals surface area (Å²) in [4.78, 5) is 14.7. The van der Waals surface area contributed by atoms with Crippen LogP contribution in [0.1, 0.15) is 28.8 Å². The number of likely N-dealkylation sites (tertiary alicyclic amines) is 1. The highest BCUT2D eigenvalue weighted by atomic mass is 35.5. The van der Waals surface area contributed by atoms with Gasteiger partial charge in [0.2, 0.25) is 0 Å². The van der Waals surface area contributed by atoms with Crippen LogP contribution in [0.2, 0.25) is 0 Å². The summed E-state index contributed by atoms with van der Waals surface area (Å²) in [6, 6.07) is 16.8. The summed E-state index contributed by atoms with van der Waals surface area (Å²) < 4.78 is 5.76. The summed E-state index contributed by atoms with van der Waals surface area (Å²) in [5.74, 6) is 0.869. The van der Waals surface area contributed by atoms with Crippen LogP contribution in [0.15, 0.2) is 54.6 Å². The van der Waals surface area contributed by atoms with Gasteiger partial charge in [-0.25, -0.2) is 0 Å². The molecule has 0 atom stereocenters. The molecule has 1 saturated heterocycles. The van der Waals surface area contributed by atoms with Gasteiger partial charge in [-0.05, 0) is 50.2 Å². The van der Waals surface area contributed by atoms with E-state index in [1.165, 1.54) is 25.9 Å². The number of hydrogen-bond donors (Lipinski definition) is 0. The van der Waals surface area contributed by atoms with Gasteiger partial charge in [0.05, 0.1) is 0 Å². The van der Waals surface area contributed by atoms with Gasteiger partial charge >= 0.3 is 0 Å². The van der Waals surface area contributed by atoms with Crippen LogP contribution >= 0.6 is 12.4 Å². The molecule has 4 heteroatoms. The highest BCUT2D eigenvalue weighted by Gasteiger charge is 2.11. The number of ketones is 1. The molecule has 0 radical (unpaired) electrons. The molecule has 0 unspecified atom stereocenters. The fourth-order valence-electron chi connectivity index (χ4n) is 2.76. The van der Waals surface area contributed by atoms with E-state index in [0.717, 1.165) is 12.3 Å². The minimum Gasteiger partial charge on any atom is -0.492 e. The SMILES string of the molecule is Cl.O=C(c1ccccc1)c1ccc(OCCN2CCCC2)cc1. The zero-order chi connectivity index (χ0) is 15.2. The standard InChI is InChI=1S/C19H21NO2.ClH/c21-19(16-6-2-1-3-7-16)17-8-10-18(11-9-17)22-15-14-20-12-4-5-13-20;/h1-3,6-11H,4-5,12-15H2;1H. The zero-order valence-corrected chi connectivity index (χ0v) is 13.9. The molecule has 2 aromatic rings. The second kappa shape index (κ2) is 8.70. The summed E-state index contributed by atoms with van der Waals surface area (Å²) in [5, 5.41) is 0. The Balaban J connectivity index is 0.00000192. The van der Waals surface area contributed by atoms with Crippen molar-refractivity contribution in [3.8, 4) is 5.75 Å². The van der Waals surface area contributed by atoms with Crippen molar-refractivity contribution in [3.63, 3.8) is 0 Å². The predicted octanol–water partition coefficient (Wildman–Crippen LogP) is 3.81. The third kappa shape index (κ3) is 4.81. The summed E-state index contributed by atoms with van der Waals surface area (Å²) in [7, 11) is 0. The Morgan fingerprint density at radius 1 is 0.913 bits per heavy atom. The van der Waals surface area contributed by atoms with E-state index in [9.17, 15) is 4.79 Å². The Morgan fingerprint density at radius 3 is 2.17 bits per heavy atom. The van der Waals surface area contributed by atoms with Gasteiger partial charge in [-0.2, -0.15) is 0 Å². The number of carbonyl (C=O) groups excluding carboxylic acids is 1. The van der Waals surface area contributed by atoms with Gasteiger partial charge in [-0.3, -0.25) is 9.69 Å². The quantitative estimate of drug-likeness (QED) is 0.754. The van der Waals surface area contributed by atoms with Crippen molar-refractivity contribution < 1.29 is 9.53 Å². The number of hydrogen-bond acceptors (Lipinski definition) is 3. The van der Waals surface area contributed by atoms with E-state index in [1.54, 1.807) is 0 Å². The lowest BCUT2D eigenvalue weighted by Gasteiger charge is -2.15. The summed E-state index contributed by atoms with van der Waals surface area (Å²) >= 11 is 0. The van der Waals surface area contributed by atoms with Crippen LogP contribution in [0.25, 0.3) is 0 Å². The third-order valence-electron chi connectivity index (χ3n) is 4.03. The average Bonchev–Trinajstić information content (AvgIpc) is 3.09. The molecule has 0 spiro atoms. The van der Waals surface area contributed by atoms with Gasteiger partial charge in [-0.15, -0.1) is 12.4 Å². The number of nitrogens with zero attached hydrogens (tertiary/aromatic N) is 1. The second-order valence-corrected chi connectivity index (χ2v) is 5.62. The van der Waals surface area contributed by atoms with E-state index in [4.69, 9.17) is 4.74 Å². The van der Waals surface area contributed by atoms with Crippen molar-refractivity contribution in [2.45, 2.75) is 12.8 Å². The highest BCUT2D eigenvalue weighted by Crippen LogP contribution is 2.16. The molecular formula is C19H22ClNO2. The number of ether oxygens (including phenoxy) is 1. The monoisotopic (exact) mass is 331 g/mol. The van der Waals surface area contributed by atoms with Crippen LogP contribution in [0.5, 0.6) is 5.75 Å². The molecule has 0 saturated carbocycles. The molecule has 0 amide bonds. The molecule has 0 aliphatic carbocycles. The fourth-order valence-corrected chi connectivity index (χ4v) is 2.76. The summed E-state index contributed by atoms with van der Waals surface area (Å²) in [5.41, 5.74) is 1.41. The van der Waals surface area contributed by atoms with Crippen LogP contribution in [-0.4, -0.2) is 36.9 Å². The molecule has 1 fully saturated rings. The highest BCUT2D eigenvalue weighted by molar-refractivity contribution is 6.08. The van der Waals surface area contributed by atoms with E-state index in [-0.39, 0.29) is 18.2 Å². The summed E-state index contributed by atoms with van der Waals surface area (Å²) in [6.45, 7) is 4.05. The van der Waals surface area contributed by atoms with E-state index in [0.29, 0.717) is 17.7 Å². The topological polar surface area (TPSA) is 29.5 Å². The maximum absolute atomic E-state index is 12.3. The Hall–Kier alpha value is -1.84. The molecule has 0 bridgehead atoms. The van der Waals surface area contributed by atoms with Gasteiger partial charge in [0.1, 0.15) is 12.4 Å². The molecule has 2 aromatic carbocycles. The lowest BCUT2D eigenvalue weighted by atomic mass is 10.0. The van der Waals surface area contributed by atoms with Crippen LogP contribution in [0.4, 0.5) is 0 Å². The lowest BCUT2D eigenvalue weighted by Crippen LogP contribution is -2.25. The minimum atomic E-state index is 0. The van der Waals surface area contributed by atoms with Crippen molar-refractivity contribution >= 4 is 18.2 Å². The van der Waals surface area contributed by atoms with Crippen LogP contribution < -0.4 is 4.74 Å². The van der Waals surface area contributed by atoms with Crippen molar-refractivity contribution in [2.75, 3.05) is 26.2 Å². The number of carbonyl (C=O) groups is 1. The largest absolute Gasteiger partial charge is 0.492 e. The molecule has 0 N–H and O–H groups in total. The van der Waals surface area contributed by atoms with E-state index in [1.807, 2.05) is 54.6 Å². The first-order valence-corrected chi connectivity index (χ1v) is 7.88. The number of halogens is 1. The van der Waals surface area contributed by atoms with E-state index < -0.39 is 0 Å². The summed E-state index contributed by atoms with van der Waals surface area (Å²) in [6.07, 6.45) is 2.60. The predicted molar refractivity (Wildman–Crippen MR) is 94.7 cm³/mol. The molecule has 122 valence electrons. The molecular weight excluding hydrogens is 310 g/mol. The number of benzene rings is 2. The normalized spacial score (nSPS) is 14.3. The Labute approximate surface area is 143 Å². The molecule has 0 aromatic heterocycles. The van der Waals surface area contributed by atoms with Crippen molar-refractivity contribution in [1.82, 2.24) is 4.90 Å². The fraction of sp³-hybridized carbons (Fsp3) is 0.316. The van der Waals surface area contributed by atoms with Gasteiger partial charge in [0.25, 0.3) is 0 Å². The maximum atomic E-state index is 12.3. The zero-order valence-electron chi connectivity index (χ0n) is 13.1. The van der Waals surface area contributed by atoms with Crippen molar-refractivity contribution in [2.24, 2.45) is 0 Å². The van der Waals surface area contributed by atoms with Crippen molar-refractivity contribution in [1.29, 1.82) is 0 Å². The van der Waals surface area contributed by atoms with Gasteiger partial charge in [0, 0.05) is 17.7 Å². The Bertz CT molecular complexity index is 607. The van der Waals surface area contributed by atoms with Crippen LogP contribution in [-0.2, 0) is 0 Å². The first kappa shape index (κ1) is 17.5. The molecule has 3 nitrogen and oxygen atoms in total. The van der Waals surface area contributed by atoms with Gasteiger partial charge < -0.3 is 4.74 Å². The molecule has 1 heterocycles. The Morgan fingerprint density at radius 2 is 1.52 bits per heavy atom. The minimum absolute atomic E-state index is 0. The van der Waals surface area contributed by atoms with E-state index >= 15 is 0 Å². The number of rotatable bonds is 6. The Kier molecular flexibility index (Phi) is 6.63. The first-order valence-electron chi connectivity index (χ1n) is 7.88. The molecule has 1 aliphatic rings. The van der Waals surface area contributed by atoms with Crippen LogP contribution in [0.3, 0.4) is 0 Å². The second-order valence-electron chi connectivity index (χ2n) is 5.62. The van der Waals surface area contributed by atoms with Gasteiger partial charge in [0.15, 0.2) is 5.78 Å². The maximum Gasteiger partial charge on any atom is 0.193 e. The third-order valence-corrected chi connectivity index (χ3v) is 4.03. The molecule has 3 rings (SSSR count). The average molecular weight is 332 g/mol.